The third kappa shape index (κ3) is 2.74. The maximum Gasteiger partial charge on any atom is 0.137 e. The van der Waals surface area contributed by atoms with Gasteiger partial charge in [-0.15, -0.1) is 6.42 Å². The van der Waals surface area contributed by atoms with Gasteiger partial charge in [0.1, 0.15) is 5.82 Å². The molecule has 1 unspecified atom stereocenters. The zero-order chi connectivity index (χ0) is 9.84. The van der Waals surface area contributed by atoms with Crippen LogP contribution in [0, 0.1) is 18.2 Å². The van der Waals surface area contributed by atoms with Crippen LogP contribution in [0.5, 0.6) is 0 Å². The Labute approximate surface area is 85.5 Å². The summed E-state index contributed by atoms with van der Waals surface area (Å²) in [4.78, 5) is 0. The lowest BCUT2D eigenvalue weighted by Crippen LogP contribution is -2.11. The van der Waals surface area contributed by atoms with Crippen molar-refractivity contribution >= 4 is 21.6 Å². The van der Waals surface area contributed by atoms with Gasteiger partial charge in [0.05, 0.1) is 10.5 Å². The lowest BCUT2D eigenvalue weighted by molar-refractivity contribution is 0.621. The van der Waals surface area contributed by atoms with Crippen molar-refractivity contribution in [2.75, 3.05) is 5.32 Å². The number of terminal acetylenes is 1. The fraction of sp³-hybridized carbons (Fsp3) is 0.200. The molecule has 1 atom stereocenters. The van der Waals surface area contributed by atoms with E-state index in [0.29, 0.717) is 4.47 Å². The van der Waals surface area contributed by atoms with E-state index in [1.54, 1.807) is 12.1 Å². The predicted molar refractivity (Wildman–Crippen MR) is 56.0 cm³/mol. The van der Waals surface area contributed by atoms with Gasteiger partial charge < -0.3 is 5.32 Å². The van der Waals surface area contributed by atoms with Gasteiger partial charge in [0, 0.05) is 5.69 Å². The van der Waals surface area contributed by atoms with Gasteiger partial charge >= 0.3 is 0 Å². The van der Waals surface area contributed by atoms with Crippen LogP contribution in [0.15, 0.2) is 22.7 Å². The molecule has 1 nitrogen and oxygen atoms in total. The molecule has 3 heteroatoms. The topological polar surface area (TPSA) is 12.0 Å². The molecule has 0 saturated heterocycles. The molecule has 68 valence electrons. The lowest BCUT2D eigenvalue weighted by atomic mass is 10.2. The highest BCUT2D eigenvalue weighted by atomic mass is 79.9. The summed E-state index contributed by atoms with van der Waals surface area (Å²) in [7, 11) is 0. The van der Waals surface area contributed by atoms with E-state index in [0.717, 1.165) is 5.69 Å². The van der Waals surface area contributed by atoms with Crippen LogP contribution in [0.3, 0.4) is 0 Å². The Morgan fingerprint density at radius 1 is 1.62 bits per heavy atom. The van der Waals surface area contributed by atoms with Crippen LogP contribution < -0.4 is 5.32 Å². The molecule has 0 bridgehead atoms. The van der Waals surface area contributed by atoms with E-state index in [1.807, 2.05) is 6.92 Å². The van der Waals surface area contributed by atoms with Crippen LogP contribution in [-0.2, 0) is 0 Å². The number of halogens is 2. The number of benzene rings is 1. The first-order valence-corrected chi connectivity index (χ1v) is 4.60. The fourth-order valence-electron chi connectivity index (χ4n) is 0.878. The monoisotopic (exact) mass is 241 g/mol. The zero-order valence-electron chi connectivity index (χ0n) is 7.14. The SMILES string of the molecule is C#CC(C)Nc1ccc(F)c(Br)c1. The Bertz CT molecular complexity index is 343. The van der Waals surface area contributed by atoms with Crippen molar-refractivity contribution in [2.24, 2.45) is 0 Å². The average Bonchev–Trinajstić information content (AvgIpc) is 2.11. The Balaban J connectivity index is 2.81. The standard InChI is InChI=1S/C10H9BrFN/c1-3-7(2)13-8-4-5-10(12)9(11)6-8/h1,4-7,13H,2H3. The van der Waals surface area contributed by atoms with Gasteiger partial charge in [-0.25, -0.2) is 4.39 Å². The smallest absolute Gasteiger partial charge is 0.137 e. The highest BCUT2D eigenvalue weighted by Crippen LogP contribution is 2.20. The molecule has 1 aromatic rings. The molecule has 0 aliphatic carbocycles. The second-order valence-electron chi connectivity index (χ2n) is 2.66. The molecule has 0 fully saturated rings. The number of nitrogens with one attached hydrogen (secondary N) is 1. The van der Waals surface area contributed by atoms with Crippen LogP contribution in [-0.4, -0.2) is 6.04 Å². The Morgan fingerprint density at radius 2 is 2.31 bits per heavy atom. The predicted octanol–water partition coefficient (Wildman–Crippen LogP) is 3.02. The first-order valence-electron chi connectivity index (χ1n) is 3.81. The van der Waals surface area contributed by atoms with Crippen LogP contribution in [0.4, 0.5) is 10.1 Å². The molecule has 0 aliphatic heterocycles. The first kappa shape index (κ1) is 10.1. The summed E-state index contributed by atoms with van der Waals surface area (Å²) < 4.78 is 13.2. The van der Waals surface area contributed by atoms with Gasteiger partial charge in [-0.3, -0.25) is 0 Å². The van der Waals surface area contributed by atoms with Crippen molar-refractivity contribution in [1.82, 2.24) is 0 Å². The van der Waals surface area contributed by atoms with Crippen molar-refractivity contribution < 1.29 is 4.39 Å². The van der Waals surface area contributed by atoms with E-state index in [-0.39, 0.29) is 11.9 Å². The average molecular weight is 242 g/mol. The minimum atomic E-state index is -0.279. The Morgan fingerprint density at radius 3 is 2.85 bits per heavy atom. The van der Waals surface area contributed by atoms with Crippen LogP contribution in [0.1, 0.15) is 6.92 Å². The van der Waals surface area contributed by atoms with Gasteiger partial charge in [0.15, 0.2) is 0 Å². The van der Waals surface area contributed by atoms with Gasteiger partial charge in [0.2, 0.25) is 0 Å². The van der Waals surface area contributed by atoms with Gasteiger partial charge in [-0.1, -0.05) is 5.92 Å². The highest BCUT2D eigenvalue weighted by Gasteiger charge is 2.01. The Kier molecular flexibility index (Phi) is 3.32. The van der Waals surface area contributed by atoms with E-state index in [4.69, 9.17) is 6.42 Å². The summed E-state index contributed by atoms with van der Waals surface area (Å²) >= 11 is 3.09. The van der Waals surface area contributed by atoms with Crippen molar-refractivity contribution in [1.29, 1.82) is 0 Å². The number of hydrogen-bond donors (Lipinski definition) is 1. The first-order chi connectivity index (χ1) is 6.13. The Hall–Kier alpha value is -1.01. The number of hydrogen-bond acceptors (Lipinski definition) is 1. The molecule has 0 radical (unpaired) electrons. The highest BCUT2D eigenvalue weighted by molar-refractivity contribution is 9.10. The molecule has 0 saturated carbocycles. The molecule has 1 N–H and O–H groups in total. The molecule has 13 heavy (non-hydrogen) atoms. The summed E-state index contributed by atoms with van der Waals surface area (Å²) in [6.45, 7) is 1.86. The molecule has 0 amide bonds. The normalized spacial score (nSPS) is 11.8. The number of anilines is 1. The summed E-state index contributed by atoms with van der Waals surface area (Å²) in [6, 6.07) is 4.63. The van der Waals surface area contributed by atoms with Crippen molar-refractivity contribution in [3.63, 3.8) is 0 Å². The maximum atomic E-state index is 12.8. The van der Waals surface area contributed by atoms with Crippen molar-refractivity contribution in [3.05, 3.63) is 28.5 Å². The van der Waals surface area contributed by atoms with Gasteiger partial charge in [-0.2, -0.15) is 0 Å². The summed E-state index contributed by atoms with van der Waals surface area (Å²) in [6.07, 6.45) is 5.19. The summed E-state index contributed by atoms with van der Waals surface area (Å²) in [5, 5.41) is 3.03. The molecule has 0 heterocycles. The third-order valence-electron chi connectivity index (χ3n) is 1.55. The van der Waals surface area contributed by atoms with Crippen LogP contribution >= 0.6 is 15.9 Å². The zero-order valence-corrected chi connectivity index (χ0v) is 8.73. The molecule has 0 aliphatic rings. The van der Waals surface area contributed by atoms with Crippen molar-refractivity contribution in [2.45, 2.75) is 13.0 Å². The van der Waals surface area contributed by atoms with Crippen molar-refractivity contribution in [3.8, 4) is 12.3 Å². The number of rotatable bonds is 2. The minimum absolute atomic E-state index is 0.0580. The quantitative estimate of drug-likeness (QED) is 0.786. The van der Waals surface area contributed by atoms with Gasteiger partial charge in [0.25, 0.3) is 0 Å². The minimum Gasteiger partial charge on any atom is -0.372 e. The maximum absolute atomic E-state index is 12.8. The lowest BCUT2D eigenvalue weighted by Gasteiger charge is -2.09. The van der Waals surface area contributed by atoms with Gasteiger partial charge in [-0.05, 0) is 41.1 Å². The van der Waals surface area contributed by atoms with E-state index in [1.165, 1.54) is 6.07 Å². The fourth-order valence-corrected chi connectivity index (χ4v) is 1.26. The molecule has 0 aromatic heterocycles. The second-order valence-corrected chi connectivity index (χ2v) is 3.52. The molecule has 1 aromatic carbocycles. The molecule has 1 rings (SSSR count). The van der Waals surface area contributed by atoms with E-state index in [9.17, 15) is 4.39 Å². The van der Waals surface area contributed by atoms with Crippen LogP contribution in [0.2, 0.25) is 0 Å². The summed E-state index contributed by atoms with van der Waals surface area (Å²) in [5.41, 5.74) is 0.804. The molecular weight excluding hydrogens is 233 g/mol. The third-order valence-corrected chi connectivity index (χ3v) is 2.16. The second kappa shape index (κ2) is 4.29. The summed E-state index contributed by atoms with van der Waals surface area (Å²) in [5.74, 6) is 2.25. The largest absolute Gasteiger partial charge is 0.372 e. The van der Waals surface area contributed by atoms with E-state index >= 15 is 0 Å². The molecule has 0 spiro atoms. The van der Waals surface area contributed by atoms with E-state index in [2.05, 4.69) is 27.2 Å². The molecular formula is C10H9BrFN. The van der Waals surface area contributed by atoms with Crippen LogP contribution in [0.25, 0.3) is 0 Å². The van der Waals surface area contributed by atoms with E-state index < -0.39 is 0 Å².